The number of benzene rings is 1. The molecule has 6 aliphatic heterocycles. The quantitative estimate of drug-likeness (QED) is 0.0484. The zero-order chi connectivity index (χ0) is 61.8. The Hall–Kier alpha value is -2.92. The topological polar surface area (TPSA) is 298 Å². The monoisotopic (exact) mass is 1220 g/mol. The van der Waals surface area contributed by atoms with Crippen molar-refractivity contribution in [2.75, 3.05) is 118 Å². The van der Waals surface area contributed by atoms with Gasteiger partial charge in [-0.2, -0.15) is 0 Å². The number of ether oxygens (including phenoxy) is 23. The molecule has 85 heavy (non-hydrogen) atoms. The Morgan fingerprint density at radius 3 is 1.44 bits per heavy atom. The summed E-state index contributed by atoms with van der Waals surface area (Å²) in [6.07, 6.45) is -19.7. The van der Waals surface area contributed by atoms with Gasteiger partial charge >= 0.3 is 5.97 Å². The van der Waals surface area contributed by atoms with Gasteiger partial charge in [0.1, 0.15) is 92.0 Å². The number of hydrogen-bond donors (Lipinski definition) is 1. The van der Waals surface area contributed by atoms with Gasteiger partial charge in [-0.25, -0.2) is 4.79 Å². The fourth-order valence-electron chi connectivity index (χ4n) is 13.2. The minimum absolute atomic E-state index is 0.0156. The predicted molar refractivity (Wildman–Crippen MR) is 294 cm³/mol. The number of methoxy groups -OCH3 is 12. The van der Waals surface area contributed by atoms with E-state index in [0.29, 0.717) is 18.4 Å². The van der Waals surface area contributed by atoms with Crippen LogP contribution in [0.5, 0.6) is 0 Å². The Kier molecular flexibility index (Phi) is 26.3. The molecule has 6 aliphatic rings. The smallest absolute Gasteiger partial charge is 0.338 e. The number of aliphatic hydroxyl groups is 1. The summed E-state index contributed by atoms with van der Waals surface area (Å²) in [6.45, 7) is 7.78. The normalized spacial score (nSPS) is 40.9. The molecule has 6 fully saturated rings. The molecule has 7 rings (SSSR count). The number of esters is 1. The van der Waals surface area contributed by atoms with E-state index in [9.17, 15) is 15.4 Å². The Morgan fingerprint density at radius 1 is 0.541 bits per heavy atom. The summed E-state index contributed by atoms with van der Waals surface area (Å²) in [5.41, 5.74) is 7.65. The van der Waals surface area contributed by atoms with Crippen LogP contribution < -0.4 is 0 Å². The van der Waals surface area contributed by atoms with E-state index in [0.717, 1.165) is 0 Å². The first kappa shape index (κ1) is 69.6. The average molecular weight is 1220 g/mol. The first-order valence-electron chi connectivity index (χ1n) is 28.8. The second kappa shape index (κ2) is 32.2. The fraction of sp³-hybridized carbons (Fsp3) is 0.877. The highest BCUT2D eigenvalue weighted by atomic mass is 16.8. The van der Waals surface area contributed by atoms with Crippen LogP contribution >= 0.6 is 0 Å². The number of aliphatic hydroxyl groups excluding tert-OH is 1. The maximum Gasteiger partial charge on any atom is 0.338 e. The summed E-state index contributed by atoms with van der Waals surface area (Å²) < 4.78 is 146. The summed E-state index contributed by atoms with van der Waals surface area (Å²) in [4.78, 5) is 16.1. The van der Waals surface area contributed by atoms with Crippen molar-refractivity contribution >= 4 is 5.97 Å². The number of fused-ring (bicyclic) bond motifs is 2. The molecule has 2 bridgehead atoms. The average Bonchev–Trinajstić information content (AvgIpc) is 1.91. The van der Waals surface area contributed by atoms with Crippen molar-refractivity contribution < 1.29 is 119 Å². The van der Waals surface area contributed by atoms with Crippen molar-refractivity contribution in [3.63, 3.8) is 0 Å². The molecule has 0 amide bonds. The molecule has 0 aromatic heterocycles. The summed E-state index contributed by atoms with van der Waals surface area (Å²) >= 11 is 0. The second-order valence-electron chi connectivity index (χ2n) is 22.2. The minimum Gasteiger partial charge on any atom is -0.459 e. The van der Waals surface area contributed by atoms with Gasteiger partial charge < -0.3 is 114 Å². The van der Waals surface area contributed by atoms with Crippen LogP contribution in [0.25, 0.3) is 10.4 Å². The van der Waals surface area contributed by atoms with Crippen molar-refractivity contribution in [3.8, 4) is 0 Å². The van der Waals surface area contributed by atoms with E-state index >= 15 is 0 Å². The van der Waals surface area contributed by atoms with E-state index in [1.807, 2.05) is 27.7 Å². The van der Waals surface area contributed by atoms with Crippen LogP contribution in [0, 0.1) is 11.8 Å². The third-order valence-corrected chi connectivity index (χ3v) is 17.7. The standard InChI is InChI=1S/C57H93N3O25/c1-17-56(3,35-31-27-76-51(77-31)37(59-60-58)41(35)66-8)84-54-48(73-15)44(69-11)39(33(80-54)25-64-6)82-52-46(71-13)42(67-9)36(30(78-52)24-63-5)57(4,18-2)85-55-49(74-16)45(70-12)40(34(81-55)26-65-7)83-53-47(72-14)43(68-10)38(61)32(79-53)28-75-50(62)29-22-20-19-21-23-29/h19-23,30-49,51-55,61H,17-18,24-28H2,1-16H3/t30-,31?,32?,33-,34?,35-,36+,37-,38+,39+,40+,41?,42?,43?,44?,45?,46?,47-,48?,49-,51+,52+,53-,54-,55-,56?,57?/m0/s1. The minimum atomic E-state index is -1.29. The van der Waals surface area contributed by atoms with Crippen LogP contribution in [0.15, 0.2) is 35.4 Å². The zero-order valence-corrected chi connectivity index (χ0v) is 51.9. The first-order chi connectivity index (χ1) is 41.0. The lowest BCUT2D eigenvalue weighted by molar-refractivity contribution is -0.395. The van der Waals surface area contributed by atoms with Gasteiger partial charge in [0, 0.05) is 102 Å². The molecular weight excluding hydrogens is 1130 g/mol. The maximum atomic E-state index is 13.0. The van der Waals surface area contributed by atoms with E-state index in [4.69, 9.17) is 109 Å². The number of carbonyl (C=O) groups excluding carboxylic acids is 1. The summed E-state index contributed by atoms with van der Waals surface area (Å²) in [5, 5.41) is 15.5. The van der Waals surface area contributed by atoms with Crippen molar-refractivity contribution in [1.82, 2.24) is 0 Å². The molecule has 27 atom stereocenters. The van der Waals surface area contributed by atoms with Gasteiger partial charge in [0.05, 0.1) is 67.6 Å². The Balaban J connectivity index is 1.12. The molecule has 6 heterocycles. The van der Waals surface area contributed by atoms with Gasteiger partial charge in [-0.3, -0.25) is 0 Å². The molecule has 1 aromatic carbocycles. The number of carbonyl (C=O) groups is 1. The van der Waals surface area contributed by atoms with Gasteiger partial charge in [-0.1, -0.05) is 37.2 Å². The van der Waals surface area contributed by atoms with Crippen LogP contribution in [0.4, 0.5) is 0 Å². The molecular formula is C57H93N3O25. The summed E-state index contributed by atoms with van der Waals surface area (Å²) in [7, 11) is 18.2. The lowest BCUT2D eigenvalue weighted by Crippen LogP contribution is -2.69. The third-order valence-electron chi connectivity index (χ3n) is 17.7. The highest BCUT2D eigenvalue weighted by molar-refractivity contribution is 5.89. The first-order valence-corrected chi connectivity index (χ1v) is 28.8. The molecule has 0 aliphatic carbocycles. The van der Waals surface area contributed by atoms with Crippen molar-refractivity contribution in [2.24, 2.45) is 17.0 Å². The highest BCUT2D eigenvalue weighted by Gasteiger charge is 2.62. The lowest BCUT2D eigenvalue weighted by atomic mass is 9.75. The highest BCUT2D eigenvalue weighted by Crippen LogP contribution is 2.48. The van der Waals surface area contributed by atoms with Crippen LogP contribution in [-0.4, -0.2) is 282 Å². The number of azide groups is 1. The number of hydrogen-bond acceptors (Lipinski definition) is 26. The Morgan fingerprint density at radius 2 is 0.976 bits per heavy atom. The van der Waals surface area contributed by atoms with Crippen molar-refractivity contribution in [1.29, 1.82) is 0 Å². The van der Waals surface area contributed by atoms with E-state index < -0.39 is 170 Å². The zero-order valence-electron chi connectivity index (χ0n) is 51.9. The van der Waals surface area contributed by atoms with Gasteiger partial charge in [0.2, 0.25) is 0 Å². The largest absolute Gasteiger partial charge is 0.459 e. The van der Waals surface area contributed by atoms with Gasteiger partial charge in [-0.15, -0.1) is 0 Å². The molecule has 486 valence electrons. The molecule has 0 saturated carbocycles. The molecule has 0 spiro atoms. The summed E-state index contributed by atoms with van der Waals surface area (Å²) in [5.74, 6) is -1.73. The van der Waals surface area contributed by atoms with Crippen LogP contribution in [0.1, 0.15) is 50.9 Å². The lowest BCUT2D eigenvalue weighted by Gasteiger charge is -2.55. The van der Waals surface area contributed by atoms with Crippen LogP contribution in [0.2, 0.25) is 0 Å². The SMILES string of the molecule is CCC(C)(O[C@@H]1O[C@@H](COC)[C@@H](O[C@H]2O[C@@H](COC)[C@@H](C(C)(CC)O[C@@H]3OC(COC)[C@@H](O[C@@H]4OC(COC(=O)c5ccccc5)[C@@H](O)C(OC)[C@@H]4OC)C(OC)[C@@H]3OC)C(OC)C2OC)C(OC)C1OC)[C@H]1C2CO[C@H](O2)[C@@H](N=[N+]=[N-])C1OC. The summed E-state index contributed by atoms with van der Waals surface area (Å²) in [6, 6.07) is 7.68. The van der Waals surface area contributed by atoms with Crippen molar-refractivity contribution in [3.05, 3.63) is 46.3 Å². The van der Waals surface area contributed by atoms with E-state index in [1.54, 1.807) is 65.9 Å². The fourth-order valence-corrected chi connectivity index (χ4v) is 13.2. The Bertz CT molecular complexity index is 2210. The van der Waals surface area contributed by atoms with Gasteiger partial charge in [-0.05, 0) is 44.4 Å². The maximum absolute atomic E-state index is 13.0. The molecule has 28 heteroatoms. The van der Waals surface area contributed by atoms with Crippen LogP contribution in [0.3, 0.4) is 0 Å². The van der Waals surface area contributed by atoms with Gasteiger partial charge in [0.15, 0.2) is 31.5 Å². The molecule has 1 aromatic rings. The van der Waals surface area contributed by atoms with E-state index in [-0.39, 0.29) is 33.0 Å². The van der Waals surface area contributed by atoms with E-state index in [2.05, 4.69) is 10.0 Å². The molecule has 12 unspecified atom stereocenters. The Labute approximate surface area is 498 Å². The third kappa shape index (κ3) is 14.8. The molecule has 0 radical (unpaired) electrons. The van der Waals surface area contributed by atoms with Gasteiger partial charge in [0.25, 0.3) is 0 Å². The molecule has 28 nitrogen and oxygen atoms in total. The van der Waals surface area contributed by atoms with Crippen LogP contribution in [-0.2, 0) is 109 Å². The molecule has 6 saturated heterocycles. The molecule has 1 N–H and O–H groups in total. The second-order valence-corrected chi connectivity index (χ2v) is 22.2. The number of rotatable bonds is 31. The van der Waals surface area contributed by atoms with E-state index in [1.165, 1.54) is 49.8 Å². The van der Waals surface area contributed by atoms with Crippen molar-refractivity contribution in [2.45, 2.75) is 193 Å². The number of nitrogens with zero attached hydrogens (tertiary/aromatic N) is 3. The predicted octanol–water partition coefficient (Wildman–Crippen LogP) is 2.99.